The van der Waals surface area contributed by atoms with E-state index >= 15 is 0 Å². The van der Waals surface area contributed by atoms with E-state index in [4.69, 9.17) is 19.4 Å². The molecular formula is C19H31N3O7S. The summed E-state index contributed by atoms with van der Waals surface area (Å²) in [5.41, 5.74) is 0.100. The standard InChI is InChI=1S/C18H29N3O5S.CH2O2/c1-14(11-25-4)19-17(22)18(10-15-7-6-8-16(9-15)26-5)12-21(13-18)27(23,24)20(2)3;2-1-3/h6-9,14H,10-13H2,1-5H3,(H,19,22);1H,(H,2,3). The number of amides is 1. The molecule has 1 amide bonds. The number of nitrogens with one attached hydrogen (secondary N) is 1. The topological polar surface area (TPSA) is 125 Å². The van der Waals surface area contributed by atoms with Crippen LogP contribution in [0.15, 0.2) is 24.3 Å². The molecule has 0 saturated carbocycles. The highest BCUT2D eigenvalue weighted by atomic mass is 32.2. The van der Waals surface area contributed by atoms with Gasteiger partial charge in [-0.2, -0.15) is 17.0 Å². The van der Waals surface area contributed by atoms with Crippen LogP contribution in [0.1, 0.15) is 12.5 Å². The molecule has 0 radical (unpaired) electrons. The van der Waals surface area contributed by atoms with Crippen molar-refractivity contribution >= 4 is 22.6 Å². The van der Waals surface area contributed by atoms with Crippen LogP contribution >= 0.6 is 0 Å². The van der Waals surface area contributed by atoms with Crippen LogP contribution < -0.4 is 10.1 Å². The normalized spacial score (nSPS) is 16.6. The van der Waals surface area contributed by atoms with Gasteiger partial charge in [0.1, 0.15) is 5.75 Å². The Labute approximate surface area is 177 Å². The zero-order valence-electron chi connectivity index (χ0n) is 18.0. The van der Waals surface area contributed by atoms with Crippen LogP contribution in [0, 0.1) is 5.41 Å². The number of hydrogen-bond donors (Lipinski definition) is 2. The molecule has 1 atom stereocenters. The Kier molecular flexibility index (Phi) is 9.69. The first-order valence-electron chi connectivity index (χ1n) is 9.24. The molecule has 1 saturated heterocycles. The van der Waals surface area contributed by atoms with Gasteiger partial charge in [-0.1, -0.05) is 12.1 Å². The molecule has 10 nitrogen and oxygen atoms in total. The Morgan fingerprint density at radius 3 is 2.47 bits per heavy atom. The molecule has 1 aromatic rings. The molecule has 0 aliphatic carbocycles. The highest BCUT2D eigenvalue weighted by Crippen LogP contribution is 2.37. The molecule has 170 valence electrons. The predicted molar refractivity (Wildman–Crippen MR) is 111 cm³/mol. The molecule has 1 fully saturated rings. The molecule has 2 rings (SSSR count). The SMILES string of the molecule is COCC(C)NC(=O)C1(Cc2cccc(OC)c2)CN(S(=O)(=O)N(C)C)C1.O=CO. The number of benzene rings is 1. The number of carbonyl (C=O) groups excluding carboxylic acids is 1. The lowest BCUT2D eigenvalue weighted by molar-refractivity contribution is -0.138. The fourth-order valence-electron chi connectivity index (χ4n) is 3.20. The molecule has 0 spiro atoms. The average Bonchev–Trinajstić information content (AvgIpc) is 2.64. The lowest BCUT2D eigenvalue weighted by Gasteiger charge is -2.48. The number of methoxy groups -OCH3 is 2. The Bertz CT molecular complexity index is 808. The summed E-state index contributed by atoms with van der Waals surface area (Å²) in [7, 11) is 2.58. The van der Waals surface area contributed by atoms with E-state index in [-0.39, 0.29) is 31.5 Å². The summed E-state index contributed by atoms with van der Waals surface area (Å²) < 4.78 is 37.6. The van der Waals surface area contributed by atoms with E-state index in [0.717, 1.165) is 9.87 Å². The first-order valence-corrected chi connectivity index (χ1v) is 10.6. The molecule has 30 heavy (non-hydrogen) atoms. The van der Waals surface area contributed by atoms with Crippen LogP contribution in [0.3, 0.4) is 0 Å². The van der Waals surface area contributed by atoms with Crippen molar-refractivity contribution in [2.24, 2.45) is 5.41 Å². The quantitative estimate of drug-likeness (QED) is 0.520. The molecule has 2 N–H and O–H groups in total. The van der Waals surface area contributed by atoms with Crippen LogP contribution in [-0.2, 0) is 31.0 Å². The second-order valence-electron chi connectivity index (χ2n) is 7.30. The molecule has 11 heteroatoms. The number of rotatable bonds is 9. The maximum absolute atomic E-state index is 13.0. The molecule has 1 unspecified atom stereocenters. The zero-order valence-corrected chi connectivity index (χ0v) is 18.8. The van der Waals surface area contributed by atoms with E-state index in [1.165, 1.54) is 18.4 Å². The zero-order chi connectivity index (χ0) is 22.9. The number of carboxylic acid groups (broad SMARTS) is 1. The second kappa shape index (κ2) is 11.3. The first kappa shape index (κ1) is 25.8. The van der Waals surface area contributed by atoms with Crippen LogP contribution in [0.5, 0.6) is 5.75 Å². The molecule has 0 aromatic heterocycles. The van der Waals surface area contributed by atoms with Crippen LogP contribution in [0.4, 0.5) is 0 Å². The van der Waals surface area contributed by atoms with E-state index < -0.39 is 15.6 Å². The number of carbonyl (C=O) groups is 2. The van der Waals surface area contributed by atoms with Crippen molar-refractivity contribution in [1.82, 2.24) is 13.9 Å². The molecule has 1 heterocycles. The van der Waals surface area contributed by atoms with Gasteiger partial charge in [-0.3, -0.25) is 9.59 Å². The van der Waals surface area contributed by atoms with Gasteiger partial charge in [0.2, 0.25) is 5.91 Å². The molecule has 1 aliphatic heterocycles. The fourth-order valence-corrected chi connectivity index (χ4v) is 4.48. The number of nitrogens with zero attached hydrogens (tertiary/aromatic N) is 2. The minimum Gasteiger partial charge on any atom is -0.497 e. The molecule has 1 aromatic carbocycles. The van der Waals surface area contributed by atoms with E-state index in [9.17, 15) is 13.2 Å². The van der Waals surface area contributed by atoms with Crippen LogP contribution in [0.25, 0.3) is 0 Å². The highest BCUT2D eigenvalue weighted by Gasteiger charge is 2.53. The van der Waals surface area contributed by atoms with Gasteiger partial charge in [-0.25, -0.2) is 0 Å². The molecule has 0 bridgehead atoms. The fraction of sp³-hybridized carbons (Fsp3) is 0.579. The van der Waals surface area contributed by atoms with Crippen LogP contribution in [-0.4, -0.2) is 88.6 Å². The van der Waals surface area contributed by atoms with Gasteiger partial charge < -0.3 is 19.9 Å². The lowest BCUT2D eigenvalue weighted by atomic mass is 9.75. The van der Waals surface area contributed by atoms with E-state index in [1.807, 2.05) is 31.2 Å². The Balaban J connectivity index is 0.00000141. The van der Waals surface area contributed by atoms with Gasteiger partial charge in [-0.15, -0.1) is 0 Å². The van der Waals surface area contributed by atoms with Crippen molar-refractivity contribution in [1.29, 1.82) is 0 Å². The third-order valence-electron chi connectivity index (χ3n) is 4.70. The Morgan fingerprint density at radius 2 is 1.97 bits per heavy atom. The number of hydrogen-bond acceptors (Lipinski definition) is 6. The second-order valence-corrected chi connectivity index (χ2v) is 9.44. The highest BCUT2D eigenvalue weighted by molar-refractivity contribution is 7.86. The van der Waals surface area contributed by atoms with Crippen molar-refractivity contribution in [3.63, 3.8) is 0 Å². The first-order chi connectivity index (χ1) is 14.1. The maximum Gasteiger partial charge on any atom is 0.290 e. The largest absolute Gasteiger partial charge is 0.497 e. The van der Waals surface area contributed by atoms with Gasteiger partial charge >= 0.3 is 0 Å². The summed E-state index contributed by atoms with van der Waals surface area (Å²) in [5.74, 6) is 0.535. The summed E-state index contributed by atoms with van der Waals surface area (Å²) in [6.45, 7) is 2.26. The van der Waals surface area contributed by atoms with Crippen molar-refractivity contribution < 1.29 is 32.6 Å². The van der Waals surface area contributed by atoms with Crippen LogP contribution in [0.2, 0.25) is 0 Å². The summed E-state index contributed by atoms with van der Waals surface area (Å²) >= 11 is 0. The lowest BCUT2D eigenvalue weighted by Crippen LogP contribution is -2.67. The summed E-state index contributed by atoms with van der Waals surface area (Å²) in [6.07, 6.45) is 0.426. The third-order valence-corrected chi connectivity index (χ3v) is 6.53. The van der Waals surface area contributed by atoms with Crippen molar-refractivity contribution in [3.8, 4) is 5.75 Å². The average molecular weight is 446 g/mol. The van der Waals surface area contributed by atoms with Crippen molar-refractivity contribution in [2.75, 3.05) is 48.0 Å². The molecular weight excluding hydrogens is 414 g/mol. The maximum atomic E-state index is 13.0. The van der Waals surface area contributed by atoms with Crippen molar-refractivity contribution in [3.05, 3.63) is 29.8 Å². The minimum atomic E-state index is -3.55. The van der Waals surface area contributed by atoms with Gasteiger partial charge in [0.05, 0.1) is 19.1 Å². The van der Waals surface area contributed by atoms with Gasteiger partial charge in [-0.05, 0) is 31.0 Å². The molecule has 1 aliphatic rings. The van der Waals surface area contributed by atoms with E-state index in [2.05, 4.69) is 5.32 Å². The minimum absolute atomic E-state index is 0.135. The number of ether oxygens (including phenoxy) is 2. The summed E-state index contributed by atoms with van der Waals surface area (Å²) in [6, 6.07) is 7.32. The summed E-state index contributed by atoms with van der Waals surface area (Å²) in [5, 5.41) is 9.83. The van der Waals surface area contributed by atoms with Gasteiger partial charge in [0.25, 0.3) is 16.7 Å². The van der Waals surface area contributed by atoms with Gasteiger partial charge in [0.15, 0.2) is 0 Å². The van der Waals surface area contributed by atoms with E-state index in [0.29, 0.717) is 18.8 Å². The van der Waals surface area contributed by atoms with Gasteiger partial charge in [0, 0.05) is 40.3 Å². The smallest absolute Gasteiger partial charge is 0.290 e. The third kappa shape index (κ3) is 6.39. The monoisotopic (exact) mass is 445 g/mol. The Morgan fingerprint density at radius 1 is 1.37 bits per heavy atom. The predicted octanol–water partition coefficient (Wildman–Crippen LogP) is 0.198. The van der Waals surface area contributed by atoms with Crippen molar-refractivity contribution in [2.45, 2.75) is 19.4 Å². The van der Waals surface area contributed by atoms with E-state index in [1.54, 1.807) is 14.2 Å². The summed E-state index contributed by atoms with van der Waals surface area (Å²) in [4.78, 5) is 21.4. The Hall–Kier alpha value is -2.21.